The Morgan fingerprint density at radius 3 is 2.50 bits per heavy atom. The van der Waals surface area contributed by atoms with E-state index in [1.165, 1.54) is 0 Å². The molecule has 0 fully saturated rings. The van der Waals surface area contributed by atoms with Crippen LogP contribution in [0.1, 0.15) is 32.1 Å². The van der Waals surface area contributed by atoms with Gasteiger partial charge in [-0.25, -0.2) is 0 Å². The molecule has 0 amide bonds. The second kappa shape index (κ2) is 9.34. The summed E-state index contributed by atoms with van der Waals surface area (Å²) in [6, 6.07) is 0. The van der Waals surface area contributed by atoms with Crippen LogP contribution in [-0.2, 0) is 4.79 Å². The third-order valence-electron chi connectivity index (χ3n) is 2.26. The first-order valence-electron chi connectivity index (χ1n) is 5.14. The highest BCUT2D eigenvalue weighted by Crippen LogP contribution is 2.16. The molecule has 3 N–H and O–H groups in total. The topological polar surface area (TPSA) is 63.3 Å². The molecule has 0 saturated carbocycles. The van der Waals surface area contributed by atoms with Gasteiger partial charge in [0.1, 0.15) is 0 Å². The van der Waals surface area contributed by atoms with Gasteiger partial charge in [0, 0.05) is 0 Å². The summed E-state index contributed by atoms with van der Waals surface area (Å²) in [7, 11) is 0. The molecule has 0 aromatic rings. The Balaban J connectivity index is 3.61. The second-order valence-corrected chi connectivity index (χ2v) is 4.44. The molecule has 84 valence electrons. The molecule has 1 unspecified atom stereocenters. The van der Waals surface area contributed by atoms with Crippen molar-refractivity contribution >= 4 is 17.7 Å². The molecule has 0 rings (SSSR count). The van der Waals surface area contributed by atoms with Gasteiger partial charge >= 0.3 is 5.97 Å². The summed E-state index contributed by atoms with van der Waals surface area (Å²) in [6.07, 6.45) is 6.51. The maximum absolute atomic E-state index is 10.8. The predicted molar refractivity (Wildman–Crippen MR) is 61.6 cm³/mol. The number of thioether (sulfide) groups is 1. The zero-order valence-electron chi connectivity index (χ0n) is 8.87. The largest absolute Gasteiger partial charge is 0.481 e. The summed E-state index contributed by atoms with van der Waals surface area (Å²) in [4.78, 5) is 10.8. The van der Waals surface area contributed by atoms with Crippen LogP contribution < -0.4 is 5.73 Å². The second-order valence-electron chi connectivity index (χ2n) is 3.45. The minimum absolute atomic E-state index is 0.159. The van der Waals surface area contributed by atoms with Gasteiger partial charge in [-0.3, -0.25) is 4.79 Å². The van der Waals surface area contributed by atoms with E-state index in [0.29, 0.717) is 6.54 Å². The van der Waals surface area contributed by atoms with E-state index in [9.17, 15) is 4.79 Å². The molecular formula is C10H21NO2S. The third kappa shape index (κ3) is 7.21. The smallest absolute Gasteiger partial charge is 0.306 e. The van der Waals surface area contributed by atoms with Gasteiger partial charge in [-0.1, -0.05) is 6.42 Å². The number of carboxylic acids is 1. The molecule has 0 spiro atoms. The molecule has 0 aromatic carbocycles. The standard InChI is InChI=1S/C10H21NO2S/c1-14-8-4-6-9(10(12)13)5-2-3-7-11/h9H,2-8,11H2,1H3,(H,12,13). The van der Waals surface area contributed by atoms with Crippen molar-refractivity contribution in [1.82, 2.24) is 0 Å². The van der Waals surface area contributed by atoms with Crippen LogP contribution in [0.3, 0.4) is 0 Å². The normalized spacial score (nSPS) is 12.7. The van der Waals surface area contributed by atoms with Crippen molar-refractivity contribution in [2.45, 2.75) is 32.1 Å². The van der Waals surface area contributed by atoms with Crippen LogP contribution in [0.25, 0.3) is 0 Å². The minimum Gasteiger partial charge on any atom is -0.481 e. The fourth-order valence-electron chi connectivity index (χ4n) is 1.40. The highest BCUT2D eigenvalue weighted by molar-refractivity contribution is 7.98. The molecule has 0 aromatic heterocycles. The van der Waals surface area contributed by atoms with E-state index >= 15 is 0 Å². The van der Waals surface area contributed by atoms with Gasteiger partial charge < -0.3 is 10.8 Å². The summed E-state index contributed by atoms with van der Waals surface area (Å²) in [5.41, 5.74) is 5.36. The molecule has 3 nitrogen and oxygen atoms in total. The van der Waals surface area contributed by atoms with Crippen molar-refractivity contribution < 1.29 is 9.90 Å². The highest BCUT2D eigenvalue weighted by atomic mass is 32.2. The molecular weight excluding hydrogens is 198 g/mol. The van der Waals surface area contributed by atoms with Gasteiger partial charge in [-0.2, -0.15) is 11.8 Å². The third-order valence-corrected chi connectivity index (χ3v) is 2.95. The van der Waals surface area contributed by atoms with E-state index in [4.69, 9.17) is 10.8 Å². The first-order chi connectivity index (χ1) is 6.72. The lowest BCUT2D eigenvalue weighted by atomic mass is 9.97. The lowest BCUT2D eigenvalue weighted by molar-refractivity contribution is -0.142. The zero-order chi connectivity index (χ0) is 10.8. The number of hydrogen-bond donors (Lipinski definition) is 2. The summed E-state index contributed by atoms with van der Waals surface area (Å²) < 4.78 is 0. The van der Waals surface area contributed by atoms with E-state index in [1.54, 1.807) is 11.8 Å². The highest BCUT2D eigenvalue weighted by Gasteiger charge is 2.15. The molecule has 14 heavy (non-hydrogen) atoms. The molecule has 0 saturated heterocycles. The van der Waals surface area contributed by atoms with Crippen LogP contribution >= 0.6 is 11.8 Å². The van der Waals surface area contributed by atoms with E-state index < -0.39 is 5.97 Å². The molecule has 0 bridgehead atoms. The van der Waals surface area contributed by atoms with Crippen LogP contribution in [0.15, 0.2) is 0 Å². The van der Waals surface area contributed by atoms with Crippen LogP contribution in [0.4, 0.5) is 0 Å². The Bertz CT molecular complexity index is 143. The van der Waals surface area contributed by atoms with Gasteiger partial charge in [-0.05, 0) is 44.2 Å². The van der Waals surface area contributed by atoms with Gasteiger partial charge in [0.15, 0.2) is 0 Å². The Morgan fingerprint density at radius 2 is 2.00 bits per heavy atom. The Labute approximate surface area is 90.4 Å². The lowest BCUT2D eigenvalue weighted by Crippen LogP contribution is -2.14. The molecule has 0 aliphatic heterocycles. The number of aliphatic carboxylic acids is 1. The monoisotopic (exact) mass is 219 g/mol. The summed E-state index contributed by atoms with van der Waals surface area (Å²) in [5.74, 6) is 0.248. The molecule has 0 aliphatic rings. The number of nitrogens with two attached hydrogens (primary N) is 1. The fourth-order valence-corrected chi connectivity index (χ4v) is 1.86. The molecule has 1 atom stereocenters. The fraction of sp³-hybridized carbons (Fsp3) is 0.900. The average Bonchev–Trinajstić information content (AvgIpc) is 2.15. The molecule has 0 heterocycles. The van der Waals surface area contributed by atoms with Gasteiger partial charge in [-0.15, -0.1) is 0 Å². The van der Waals surface area contributed by atoms with Gasteiger partial charge in [0.2, 0.25) is 0 Å². The number of unbranched alkanes of at least 4 members (excludes halogenated alkanes) is 1. The summed E-state index contributed by atoms with van der Waals surface area (Å²) in [5, 5.41) is 8.93. The van der Waals surface area contributed by atoms with Crippen molar-refractivity contribution in [2.24, 2.45) is 11.7 Å². The van der Waals surface area contributed by atoms with Crippen molar-refractivity contribution in [3.63, 3.8) is 0 Å². The lowest BCUT2D eigenvalue weighted by Gasteiger charge is -2.10. The maximum atomic E-state index is 10.8. The van der Waals surface area contributed by atoms with E-state index in [-0.39, 0.29) is 5.92 Å². The van der Waals surface area contributed by atoms with Crippen LogP contribution in [0.2, 0.25) is 0 Å². The maximum Gasteiger partial charge on any atom is 0.306 e. The predicted octanol–water partition coefficient (Wildman–Crippen LogP) is 1.96. The van der Waals surface area contributed by atoms with Crippen LogP contribution in [-0.4, -0.2) is 29.6 Å². The Hall–Kier alpha value is -0.220. The summed E-state index contributed by atoms with van der Waals surface area (Å²) >= 11 is 1.77. The van der Waals surface area contributed by atoms with Crippen molar-refractivity contribution in [1.29, 1.82) is 0 Å². The Kier molecular flexibility index (Phi) is 9.19. The van der Waals surface area contributed by atoms with E-state index in [0.717, 1.165) is 37.9 Å². The number of carbonyl (C=O) groups is 1. The molecule has 0 aliphatic carbocycles. The minimum atomic E-state index is -0.650. The molecule has 4 heteroatoms. The Morgan fingerprint density at radius 1 is 1.36 bits per heavy atom. The number of carboxylic acid groups (broad SMARTS) is 1. The van der Waals surface area contributed by atoms with Crippen molar-refractivity contribution in [3.05, 3.63) is 0 Å². The van der Waals surface area contributed by atoms with Crippen molar-refractivity contribution in [2.75, 3.05) is 18.6 Å². The van der Waals surface area contributed by atoms with Crippen molar-refractivity contribution in [3.8, 4) is 0 Å². The summed E-state index contributed by atoms with van der Waals surface area (Å²) in [6.45, 7) is 0.664. The van der Waals surface area contributed by atoms with Gasteiger partial charge in [0.05, 0.1) is 5.92 Å². The first kappa shape index (κ1) is 13.8. The SMILES string of the molecule is CSCCCC(CCCCN)C(=O)O. The number of hydrogen-bond acceptors (Lipinski definition) is 3. The van der Waals surface area contributed by atoms with E-state index in [2.05, 4.69) is 0 Å². The van der Waals surface area contributed by atoms with E-state index in [1.807, 2.05) is 6.26 Å². The zero-order valence-corrected chi connectivity index (χ0v) is 9.68. The molecule has 0 radical (unpaired) electrons. The average molecular weight is 219 g/mol. The van der Waals surface area contributed by atoms with Crippen LogP contribution in [0, 0.1) is 5.92 Å². The van der Waals surface area contributed by atoms with Gasteiger partial charge in [0.25, 0.3) is 0 Å². The quantitative estimate of drug-likeness (QED) is 0.582. The van der Waals surface area contributed by atoms with Crippen LogP contribution in [0.5, 0.6) is 0 Å². The number of rotatable bonds is 9. The first-order valence-corrected chi connectivity index (χ1v) is 6.53.